The quantitative estimate of drug-likeness (QED) is 0.879. The fourth-order valence-electron chi connectivity index (χ4n) is 2.85. The number of carbonyl (C=O) groups is 1. The zero-order valence-corrected chi connectivity index (χ0v) is 11.7. The number of carbonyl (C=O) groups excluding carboxylic acids is 1. The molecular formula is C16H16F2N2O. The van der Waals surface area contributed by atoms with Gasteiger partial charge in [-0.15, -0.1) is 0 Å². The molecule has 0 bridgehead atoms. The molecule has 1 heterocycles. The van der Waals surface area contributed by atoms with Crippen LogP contribution in [0.1, 0.15) is 53.3 Å². The summed E-state index contributed by atoms with van der Waals surface area (Å²) in [4.78, 5) is 19.8. The molecule has 1 aliphatic carbocycles. The number of hydrogen-bond acceptors (Lipinski definition) is 2. The van der Waals surface area contributed by atoms with Crippen molar-refractivity contribution in [2.75, 3.05) is 0 Å². The third-order valence-corrected chi connectivity index (χ3v) is 3.95. The van der Waals surface area contributed by atoms with Gasteiger partial charge in [0.25, 0.3) is 0 Å². The van der Waals surface area contributed by atoms with E-state index in [0.29, 0.717) is 11.7 Å². The van der Waals surface area contributed by atoms with Gasteiger partial charge in [0.05, 0.1) is 17.7 Å². The second-order valence-corrected chi connectivity index (χ2v) is 5.56. The number of aryl methyl sites for hydroxylation is 1. The molecule has 110 valence electrons. The third-order valence-electron chi connectivity index (χ3n) is 3.95. The second kappa shape index (κ2) is 5.39. The lowest BCUT2D eigenvalue weighted by Crippen LogP contribution is -2.08. The minimum Gasteiger partial charge on any atom is -0.345 e. The monoisotopic (exact) mass is 290 g/mol. The molecule has 1 unspecified atom stereocenters. The van der Waals surface area contributed by atoms with Gasteiger partial charge in [0.15, 0.2) is 5.78 Å². The topological polar surface area (TPSA) is 45.8 Å². The Bertz CT molecular complexity index is 694. The molecule has 21 heavy (non-hydrogen) atoms. The van der Waals surface area contributed by atoms with Crippen LogP contribution >= 0.6 is 0 Å². The van der Waals surface area contributed by atoms with Crippen LogP contribution < -0.4 is 0 Å². The number of rotatable bonds is 3. The zero-order valence-electron chi connectivity index (χ0n) is 11.7. The molecule has 1 aliphatic rings. The van der Waals surface area contributed by atoms with Crippen LogP contribution in [0.15, 0.2) is 18.2 Å². The molecule has 0 fully saturated rings. The van der Waals surface area contributed by atoms with Crippen molar-refractivity contribution in [2.45, 2.75) is 38.5 Å². The first kappa shape index (κ1) is 13.9. The Labute approximate surface area is 121 Å². The van der Waals surface area contributed by atoms with Gasteiger partial charge in [0.2, 0.25) is 0 Å². The summed E-state index contributed by atoms with van der Waals surface area (Å²) in [5.74, 6) is -0.971. The van der Waals surface area contributed by atoms with Crippen LogP contribution in [0.2, 0.25) is 0 Å². The predicted octanol–water partition coefficient (Wildman–Crippen LogP) is 3.55. The second-order valence-electron chi connectivity index (χ2n) is 5.56. The van der Waals surface area contributed by atoms with E-state index in [9.17, 15) is 13.6 Å². The van der Waals surface area contributed by atoms with Crippen LogP contribution in [0.5, 0.6) is 0 Å². The normalized spacial score (nSPS) is 17.6. The Morgan fingerprint density at radius 3 is 2.95 bits per heavy atom. The number of imidazole rings is 1. The van der Waals surface area contributed by atoms with E-state index in [2.05, 4.69) is 16.9 Å². The van der Waals surface area contributed by atoms with Crippen molar-refractivity contribution in [3.8, 4) is 0 Å². The molecule has 0 saturated carbocycles. The SMILES string of the molecule is CC1CCCc2[nH]c(CC(=O)c3ccc(F)cc3F)nc21. The van der Waals surface area contributed by atoms with Gasteiger partial charge >= 0.3 is 0 Å². The summed E-state index contributed by atoms with van der Waals surface area (Å²) >= 11 is 0. The van der Waals surface area contributed by atoms with E-state index in [1.807, 2.05) is 0 Å². The number of Topliss-reactive ketones (excluding diaryl/α,β-unsaturated/α-hetero) is 1. The van der Waals surface area contributed by atoms with Crippen molar-refractivity contribution >= 4 is 5.78 Å². The largest absolute Gasteiger partial charge is 0.345 e. The van der Waals surface area contributed by atoms with Crippen molar-refractivity contribution in [1.29, 1.82) is 0 Å². The molecule has 0 aliphatic heterocycles. The lowest BCUT2D eigenvalue weighted by atomic mass is 9.92. The molecule has 1 N–H and O–H groups in total. The van der Waals surface area contributed by atoms with Crippen molar-refractivity contribution in [2.24, 2.45) is 0 Å². The number of nitrogens with zero attached hydrogens (tertiary/aromatic N) is 1. The standard InChI is InChI=1S/C16H16F2N2O/c1-9-3-2-4-13-16(9)20-15(19-13)8-14(21)11-6-5-10(17)7-12(11)18/h5-7,9H,2-4,8H2,1H3,(H,19,20). The number of ketones is 1. The molecule has 1 aromatic carbocycles. The summed E-state index contributed by atoms with van der Waals surface area (Å²) in [6.45, 7) is 2.12. The van der Waals surface area contributed by atoms with Gasteiger partial charge in [0.1, 0.15) is 17.5 Å². The molecule has 0 radical (unpaired) electrons. The average Bonchev–Trinajstić information content (AvgIpc) is 2.82. The average molecular weight is 290 g/mol. The molecule has 1 aromatic heterocycles. The Kier molecular flexibility index (Phi) is 3.57. The van der Waals surface area contributed by atoms with Gasteiger partial charge < -0.3 is 4.98 Å². The highest BCUT2D eigenvalue weighted by molar-refractivity contribution is 5.97. The Balaban J connectivity index is 1.82. The third kappa shape index (κ3) is 2.73. The van der Waals surface area contributed by atoms with E-state index < -0.39 is 17.4 Å². The van der Waals surface area contributed by atoms with Gasteiger partial charge in [-0.3, -0.25) is 4.79 Å². The number of hydrogen-bond donors (Lipinski definition) is 1. The van der Waals surface area contributed by atoms with Crippen molar-refractivity contribution in [1.82, 2.24) is 9.97 Å². The maximum Gasteiger partial charge on any atom is 0.173 e. The van der Waals surface area contributed by atoms with Crippen LogP contribution in [0.4, 0.5) is 8.78 Å². The lowest BCUT2D eigenvalue weighted by molar-refractivity contribution is 0.0987. The lowest BCUT2D eigenvalue weighted by Gasteiger charge is -2.15. The summed E-state index contributed by atoms with van der Waals surface area (Å²) < 4.78 is 26.5. The summed E-state index contributed by atoms with van der Waals surface area (Å²) in [5, 5.41) is 0. The van der Waals surface area contributed by atoms with Gasteiger partial charge in [-0.1, -0.05) is 6.92 Å². The number of halogens is 2. The van der Waals surface area contributed by atoms with E-state index in [4.69, 9.17) is 0 Å². The van der Waals surface area contributed by atoms with Crippen LogP contribution in [0.3, 0.4) is 0 Å². The predicted molar refractivity (Wildman–Crippen MR) is 74.3 cm³/mol. The van der Waals surface area contributed by atoms with Gasteiger partial charge in [-0.25, -0.2) is 13.8 Å². The Morgan fingerprint density at radius 1 is 1.43 bits per heavy atom. The van der Waals surface area contributed by atoms with Crippen LogP contribution in [0, 0.1) is 11.6 Å². The summed E-state index contributed by atoms with van der Waals surface area (Å²) in [6.07, 6.45) is 3.14. The van der Waals surface area contributed by atoms with E-state index in [1.54, 1.807) is 0 Å². The van der Waals surface area contributed by atoms with Gasteiger partial charge in [-0.2, -0.15) is 0 Å². The van der Waals surface area contributed by atoms with Crippen LogP contribution in [0.25, 0.3) is 0 Å². The van der Waals surface area contributed by atoms with Crippen molar-refractivity contribution < 1.29 is 13.6 Å². The smallest absolute Gasteiger partial charge is 0.173 e. The molecule has 0 saturated heterocycles. The molecule has 0 amide bonds. The maximum atomic E-state index is 13.6. The summed E-state index contributed by atoms with van der Waals surface area (Å²) in [5.41, 5.74) is 2.00. The van der Waals surface area contributed by atoms with Gasteiger partial charge in [-0.05, 0) is 31.4 Å². The number of benzene rings is 1. The maximum absolute atomic E-state index is 13.6. The van der Waals surface area contributed by atoms with Crippen molar-refractivity contribution in [3.63, 3.8) is 0 Å². The van der Waals surface area contributed by atoms with E-state index in [1.165, 1.54) is 6.07 Å². The van der Waals surface area contributed by atoms with E-state index in [0.717, 1.165) is 42.8 Å². The first-order chi connectivity index (χ1) is 10.0. The first-order valence-corrected chi connectivity index (χ1v) is 7.10. The van der Waals surface area contributed by atoms with Crippen LogP contribution in [-0.2, 0) is 12.8 Å². The fraction of sp³-hybridized carbons (Fsp3) is 0.375. The van der Waals surface area contributed by atoms with E-state index >= 15 is 0 Å². The van der Waals surface area contributed by atoms with Crippen molar-refractivity contribution in [3.05, 3.63) is 52.6 Å². The Hall–Kier alpha value is -2.04. The highest BCUT2D eigenvalue weighted by Crippen LogP contribution is 2.29. The minimum atomic E-state index is -0.829. The summed E-state index contributed by atoms with van der Waals surface area (Å²) in [6, 6.07) is 2.99. The Morgan fingerprint density at radius 2 is 2.24 bits per heavy atom. The number of aromatic nitrogens is 2. The number of H-pyrrole nitrogens is 1. The number of aromatic amines is 1. The molecule has 3 nitrogen and oxygen atoms in total. The number of fused-ring (bicyclic) bond motifs is 1. The highest BCUT2D eigenvalue weighted by atomic mass is 19.1. The zero-order chi connectivity index (χ0) is 15.0. The molecular weight excluding hydrogens is 274 g/mol. The van der Waals surface area contributed by atoms with E-state index in [-0.39, 0.29) is 12.0 Å². The molecule has 0 spiro atoms. The highest BCUT2D eigenvalue weighted by Gasteiger charge is 2.22. The van der Waals surface area contributed by atoms with Gasteiger partial charge in [0, 0.05) is 17.7 Å². The molecule has 1 atom stereocenters. The fourth-order valence-corrected chi connectivity index (χ4v) is 2.85. The first-order valence-electron chi connectivity index (χ1n) is 7.10. The summed E-state index contributed by atoms with van der Waals surface area (Å²) in [7, 11) is 0. The molecule has 3 rings (SSSR count). The van der Waals surface area contributed by atoms with Crippen LogP contribution in [-0.4, -0.2) is 15.8 Å². The minimum absolute atomic E-state index is 0.00225. The molecule has 2 aromatic rings. The number of nitrogens with one attached hydrogen (secondary N) is 1. The molecule has 5 heteroatoms.